The first-order valence-electron chi connectivity index (χ1n) is 4.60. The zero-order valence-electron chi connectivity index (χ0n) is 8.82. The molecule has 0 saturated carbocycles. The Kier molecular flexibility index (Phi) is 2.63. The fourth-order valence-electron chi connectivity index (χ4n) is 1.80. The highest BCUT2D eigenvalue weighted by molar-refractivity contribution is 9.10. The summed E-state index contributed by atoms with van der Waals surface area (Å²) in [6.07, 6.45) is 1.59. The summed E-state index contributed by atoms with van der Waals surface area (Å²) in [7, 11) is 3.36. The third-order valence-electron chi connectivity index (χ3n) is 2.46. The standard InChI is InChI=1S/C11H10BrNO3/c1-13-5-8(11(14)15)7-3-6(12)4-9(16-2)10(7)13/h3-5H,1-2H3,(H,14,15). The Morgan fingerprint density at radius 2 is 2.19 bits per heavy atom. The van der Waals surface area contributed by atoms with E-state index in [1.807, 2.05) is 6.07 Å². The highest BCUT2D eigenvalue weighted by atomic mass is 79.9. The third kappa shape index (κ3) is 1.57. The van der Waals surface area contributed by atoms with Crippen molar-refractivity contribution in [3.63, 3.8) is 0 Å². The molecule has 0 spiro atoms. The molecule has 1 N–H and O–H groups in total. The summed E-state index contributed by atoms with van der Waals surface area (Å²) in [5.41, 5.74) is 1.06. The van der Waals surface area contributed by atoms with E-state index in [2.05, 4.69) is 15.9 Å². The number of rotatable bonds is 2. The van der Waals surface area contributed by atoms with Crippen LogP contribution < -0.4 is 4.74 Å². The zero-order valence-corrected chi connectivity index (χ0v) is 10.4. The Labute approximate surface area is 101 Å². The van der Waals surface area contributed by atoms with Crippen molar-refractivity contribution in [1.29, 1.82) is 0 Å². The average molecular weight is 284 g/mol. The van der Waals surface area contributed by atoms with Crippen LogP contribution in [0.3, 0.4) is 0 Å². The van der Waals surface area contributed by atoms with Gasteiger partial charge in [0.1, 0.15) is 5.75 Å². The van der Waals surface area contributed by atoms with Crippen LogP contribution in [0.15, 0.2) is 22.8 Å². The number of aromatic carboxylic acids is 1. The van der Waals surface area contributed by atoms with Crippen LogP contribution in [0.1, 0.15) is 10.4 Å². The first-order valence-corrected chi connectivity index (χ1v) is 5.39. The van der Waals surface area contributed by atoms with Crippen LogP contribution >= 0.6 is 15.9 Å². The minimum Gasteiger partial charge on any atom is -0.495 e. The first-order chi connectivity index (χ1) is 7.54. The Bertz CT molecular complexity index is 574. The van der Waals surface area contributed by atoms with Crippen molar-refractivity contribution in [1.82, 2.24) is 4.57 Å². The van der Waals surface area contributed by atoms with Gasteiger partial charge in [0.05, 0.1) is 18.2 Å². The molecule has 1 aromatic carbocycles. The third-order valence-corrected chi connectivity index (χ3v) is 2.91. The van der Waals surface area contributed by atoms with Gasteiger partial charge in [0.25, 0.3) is 0 Å². The molecule has 0 aliphatic rings. The van der Waals surface area contributed by atoms with Gasteiger partial charge in [-0.25, -0.2) is 4.79 Å². The molecule has 0 aliphatic heterocycles. The number of carbonyl (C=O) groups is 1. The molecule has 0 unspecified atom stereocenters. The number of benzene rings is 1. The van der Waals surface area contributed by atoms with E-state index in [1.165, 1.54) is 0 Å². The maximum atomic E-state index is 11.1. The molecular formula is C11H10BrNO3. The summed E-state index contributed by atoms with van der Waals surface area (Å²) >= 11 is 3.33. The lowest BCUT2D eigenvalue weighted by molar-refractivity contribution is 0.0699. The number of nitrogens with zero attached hydrogens (tertiary/aromatic N) is 1. The van der Waals surface area contributed by atoms with E-state index >= 15 is 0 Å². The van der Waals surface area contributed by atoms with Crippen molar-refractivity contribution >= 4 is 32.8 Å². The van der Waals surface area contributed by atoms with Gasteiger partial charge in [-0.05, 0) is 12.1 Å². The molecule has 0 fully saturated rings. The Balaban J connectivity index is 2.90. The Morgan fingerprint density at radius 3 is 2.75 bits per heavy atom. The van der Waals surface area contributed by atoms with Gasteiger partial charge in [0, 0.05) is 23.1 Å². The molecule has 2 aromatic rings. The maximum absolute atomic E-state index is 11.1. The minimum atomic E-state index is -0.939. The Morgan fingerprint density at radius 1 is 1.50 bits per heavy atom. The van der Waals surface area contributed by atoms with Crippen LogP contribution in [0.2, 0.25) is 0 Å². The predicted molar refractivity (Wildman–Crippen MR) is 64.1 cm³/mol. The number of hydrogen-bond donors (Lipinski definition) is 1. The highest BCUT2D eigenvalue weighted by Crippen LogP contribution is 2.32. The van der Waals surface area contributed by atoms with Gasteiger partial charge in [-0.2, -0.15) is 0 Å². The lowest BCUT2D eigenvalue weighted by Gasteiger charge is -2.05. The van der Waals surface area contributed by atoms with Crippen LogP contribution in [0.5, 0.6) is 5.75 Å². The van der Waals surface area contributed by atoms with Gasteiger partial charge in [-0.1, -0.05) is 15.9 Å². The van der Waals surface area contributed by atoms with Crippen molar-refractivity contribution in [2.75, 3.05) is 7.11 Å². The molecule has 0 radical (unpaired) electrons. The van der Waals surface area contributed by atoms with E-state index in [9.17, 15) is 4.79 Å². The second-order valence-electron chi connectivity index (χ2n) is 3.46. The summed E-state index contributed by atoms with van der Waals surface area (Å²) in [4.78, 5) is 11.1. The highest BCUT2D eigenvalue weighted by Gasteiger charge is 2.16. The molecule has 0 saturated heterocycles. The zero-order chi connectivity index (χ0) is 11.9. The molecule has 1 aromatic heterocycles. The monoisotopic (exact) mass is 283 g/mol. The summed E-state index contributed by atoms with van der Waals surface area (Å²) < 4.78 is 7.79. The summed E-state index contributed by atoms with van der Waals surface area (Å²) in [5, 5.41) is 9.75. The number of fused-ring (bicyclic) bond motifs is 1. The number of ether oxygens (including phenoxy) is 1. The van der Waals surface area contributed by atoms with Crippen LogP contribution in [-0.2, 0) is 7.05 Å². The van der Waals surface area contributed by atoms with Crippen molar-refractivity contribution in [3.05, 3.63) is 28.4 Å². The quantitative estimate of drug-likeness (QED) is 0.922. The second kappa shape index (κ2) is 3.83. The maximum Gasteiger partial charge on any atom is 0.337 e. The van der Waals surface area contributed by atoms with Crippen molar-refractivity contribution in [2.45, 2.75) is 0 Å². The summed E-state index contributed by atoms with van der Waals surface area (Å²) in [6.45, 7) is 0. The SMILES string of the molecule is COc1cc(Br)cc2c(C(=O)O)cn(C)c12. The molecule has 0 aliphatic carbocycles. The summed E-state index contributed by atoms with van der Waals surface area (Å²) in [5.74, 6) is -0.287. The largest absolute Gasteiger partial charge is 0.495 e. The number of carboxylic acid groups (broad SMARTS) is 1. The van der Waals surface area contributed by atoms with E-state index in [4.69, 9.17) is 9.84 Å². The number of aromatic nitrogens is 1. The van der Waals surface area contributed by atoms with Crippen molar-refractivity contribution in [2.24, 2.45) is 7.05 Å². The van der Waals surface area contributed by atoms with E-state index in [0.717, 1.165) is 9.99 Å². The van der Waals surface area contributed by atoms with Crippen molar-refractivity contribution in [3.8, 4) is 5.75 Å². The molecule has 0 atom stereocenters. The minimum absolute atomic E-state index is 0.275. The van der Waals surface area contributed by atoms with E-state index in [1.54, 1.807) is 31.0 Å². The van der Waals surface area contributed by atoms with E-state index < -0.39 is 5.97 Å². The molecule has 5 heteroatoms. The molecule has 4 nitrogen and oxygen atoms in total. The summed E-state index contributed by atoms with van der Waals surface area (Å²) in [6, 6.07) is 3.59. The molecule has 2 rings (SSSR count). The number of halogens is 1. The number of methoxy groups -OCH3 is 1. The van der Waals surface area contributed by atoms with Gasteiger partial charge in [-0.15, -0.1) is 0 Å². The molecule has 0 amide bonds. The number of carboxylic acids is 1. The molecule has 0 bridgehead atoms. The Hall–Kier alpha value is -1.49. The fraction of sp³-hybridized carbons (Fsp3) is 0.182. The molecule has 1 heterocycles. The van der Waals surface area contributed by atoms with Crippen molar-refractivity contribution < 1.29 is 14.6 Å². The molecule has 16 heavy (non-hydrogen) atoms. The molecule has 84 valence electrons. The van der Waals surface area contributed by atoms with E-state index in [0.29, 0.717) is 11.1 Å². The van der Waals surface area contributed by atoms with Crippen LogP contribution in [-0.4, -0.2) is 22.8 Å². The second-order valence-corrected chi connectivity index (χ2v) is 4.38. The van der Waals surface area contributed by atoms with Crippen LogP contribution in [0.4, 0.5) is 0 Å². The lowest BCUT2D eigenvalue weighted by Crippen LogP contribution is -1.94. The van der Waals surface area contributed by atoms with Crippen LogP contribution in [0.25, 0.3) is 10.9 Å². The predicted octanol–water partition coefficient (Wildman–Crippen LogP) is 2.65. The first kappa shape index (κ1) is 11.0. The van der Waals surface area contributed by atoms with Gasteiger partial charge < -0.3 is 14.4 Å². The topological polar surface area (TPSA) is 51.5 Å². The van der Waals surface area contributed by atoms with Gasteiger partial charge >= 0.3 is 5.97 Å². The number of hydrogen-bond acceptors (Lipinski definition) is 2. The normalized spacial score (nSPS) is 10.7. The van der Waals surface area contributed by atoms with Crippen LogP contribution in [0, 0.1) is 0 Å². The van der Waals surface area contributed by atoms with Gasteiger partial charge in [-0.3, -0.25) is 0 Å². The van der Waals surface area contributed by atoms with E-state index in [-0.39, 0.29) is 5.56 Å². The fourth-order valence-corrected chi connectivity index (χ4v) is 2.23. The molecular weight excluding hydrogens is 274 g/mol. The average Bonchev–Trinajstić information content (AvgIpc) is 2.55. The smallest absolute Gasteiger partial charge is 0.337 e. The number of aryl methyl sites for hydroxylation is 1. The van der Waals surface area contributed by atoms with Gasteiger partial charge in [0.2, 0.25) is 0 Å². The van der Waals surface area contributed by atoms with Gasteiger partial charge in [0.15, 0.2) is 0 Å². The lowest BCUT2D eigenvalue weighted by atomic mass is 10.1.